The van der Waals surface area contributed by atoms with Crippen LogP contribution in [-0.4, -0.2) is 10.5 Å². The molecule has 0 aromatic rings. The van der Waals surface area contributed by atoms with Gasteiger partial charge in [-0.15, -0.1) is 0 Å². The molecule has 0 aromatic carbocycles. The predicted octanol–water partition coefficient (Wildman–Crippen LogP) is 3.88. The van der Waals surface area contributed by atoms with Crippen molar-refractivity contribution >= 4 is 33.7 Å². The lowest BCUT2D eigenvalue weighted by Crippen LogP contribution is -2.02. The first-order chi connectivity index (χ1) is 7.04. The number of hydrogen-bond donors (Lipinski definition) is 0. The molecular formula is C11H18Cl2O2. The summed E-state index contributed by atoms with van der Waals surface area (Å²) >= 11 is 10.5. The maximum absolute atomic E-state index is 10.7. The summed E-state index contributed by atoms with van der Waals surface area (Å²) in [6, 6.07) is 0. The molecule has 0 saturated heterocycles. The van der Waals surface area contributed by atoms with Crippen LogP contribution in [0, 0.1) is 5.92 Å². The van der Waals surface area contributed by atoms with Crippen LogP contribution in [0.3, 0.4) is 0 Å². The van der Waals surface area contributed by atoms with Crippen LogP contribution in [0.15, 0.2) is 0 Å². The molecule has 1 atom stereocenters. The number of carbonyl (C=O) groups excluding carboxylic acids is 2. The zero-order valence-electron chi connectivity index (χ0n) is 9.10. The topological polar surface area (TPSA) is 34.1 Å². The van der Waals surface area contributed by atoms with Crippen molar-refractivity contribution < 1.29 is 9.59 Å². The van der Waals surface area contributed by atoms with Crippen LogP contribution in [0.5, 0.6) is 0 Å². The van der Waals surface area contributed by atoms with Gasteiger partial charge in [-0.1, -0.05) is 32.6 Å². The summed E-state index contributed by atoms with van der Waals surface area (Å²) in [5.41, 5.74) is 0. The largest absolute Gasteiger partial charge is 0.281 e. The highest BCUT2D eigenvalue weighted by molar-refractivity contribution is 6.64. The highest BCUT2D eigenvalue weighted by Gasteiger charge is 2.08. The van der Waals surface area contributed by atoms with Gasteiger partial charge in [-0.25, -0.2) is 0 Å². The minimum atomic E-state index is -0.253. The number of rotatable bonds is 9. The van der Waals surface area contributed by atoms with E-state index in [1.807, 2.05) is 6.92 Å². The Hall–Kier alpha value is -0.0800. The van der Waals surface area contributed by atoms with E-state index in [0.717, 1.165) is 38.5 Å². The second-order valence-electron chi connectivity index (χ2n) is 3.87. The van der Waals surface area contributed by atoms with Gasteiger partial charge in [-0.05, 0) is 36.0 Å². The van der Waals surface area contributed by atoms with Crippen molar-refractivity contribution in [3.63, 3.8) is 0 Å². The molecule has 0 fully saturated rings. The standard InChI is InChI=1S/C11H18Cl2O2/c1-9(11(13)15)7-5-3-2-4-6-8-10(12)14/h9H,2-8H2,1H3. The fourth-order valence-corrected chi connectivity index (χ4v) is 1.60. The normalized spacial score (nSPS) is 12.5. The van der Waals surface area contributed by atoms with Gasteiger partial charge in [-0.2, -0.15) is 0 Å². The summed E-state index contributed by atoms with van der Waals surface area (Å²) in [5.74, 6) is -0.0314. The molecule has 1 unspecified atom stereocenters. The van der Waals surface area contributed by atoms with E-state index in [4.69, 9.17) is 23.2 Å². The Bertz CT molecular complexity index is 205. The third kappa shape index (κ3) is 10.2. The number of halogens is 2. The molecule has 4 heteroatoms. The summed E-state index contributed by atoms with van der Waals surface area (Å²) in [4.78, 5) is 21.1. The van der Waals surface area contributed by atoms with Crippen LogP contribution >= 0.6 is 23.2 Å². The smallest absolute Gasteiger partial charge is 0.224 e. The molecule has 0 aliphatic carbocycles. The summed E-state index contributed by atoms with van der Waals surface area (Å²) in [7, 11) is 0. The van der Waals surface area contributed by atoms with E-state index in [1.165, 1.54) is 0 Å². The third-order valence-corrected chi connectivity index (χ3v) is 2.96. The first-order valence-electron chi connectivity index (χ1n) is 5.41. The van der Waals surface area contributed by atoms with Crippen molar-refractivity contribution in [2.45, 2.75) is 51.9 Å². The maximum Gasteiger partial charge on any atom is 0.224 e. The van der Waals surface area contributed by atoms with Gasteiger partial charge in [0.25, 0.3) is 0 Å². The van der Waals surface area contributed by atoms with Crippen molar-refractivity contribution in [3.05, 3.63) is 0 Å². The summed E-state index contributed by atoms with van der Waals surface area (Å²) < 4.78 is 0. The molecular weight excluding hydrogens is 235 g/mol. The van der Waals surface area contributed by atoms with Crippen molar-refractivity contribution in [2.24, 2.45) is 5.92 Å². The number of hydrogen-bond acceptors (Lipinski definition) is 2. The Morgan fingerprint density at radius 2 is 1.53 bits per heavy atom. The molecule has 0 amide bonds. The van der Waals surface area contributed by atoms with Crippen LogP contribution < -0.4 is 0 Å². The molecule has 0 spiro atoms. The van der Waals surface area contributed by atoms with Crippen LogP contribution in [0.25, 0.3) is 0 Å². The van der Waals surface area contributed by atoms with Crippen molar-refractivity contribution in [1.29, 1.82) is 0 Å². The average molecular weight is 253 g/mol. The Labute approximate surface area is 101 Å². The Morgan fingerprint density at radius 3 is 2.07 bits per heavy atom. The molecule has 0 aliphatic heterocycles. The van der Waals surface area contributed by atoms with Gasteiger partial charge in [0.05, 0.1) is 0 Å². The molecule has 0 aromatic heterocycles. The van der Waals surface area contributed by atoms with Gasteiger partial charge < -0.3 is 0 Å². The highest BCUT2D eigenvalue weighted by atomic mass is 35.5. The molecule has 0 heterocycles. The monoisotopic (exact) mass is 252 g/mol. The van der Waals surface area contributed by atoms with Gasteiger partial charge in [0.15, 0.2) is 0 Å². The molecule has 88 valence electrons. The lowest BCUT2D eigenvalue weighted by molar-refractivity contribution is -0.115. The van der Waals surface area contributed by atoms with Crippen molar-refractivity contribution in [1.82, 2.24) is 0 Å². The summed E-state index contributed by atoms with van der Waals surface area (Å²) in [6.45, 7) is 1.85. The average Bonchev–Trinajstić information content (AvgIpc) is 2.15. The maximum atomic E-state index is 10.7. The van der Waals surface area contributed by atoms with Gasteiger partial charge >= 0.3 is 0 Å². The number of unbranched alkanes of at least 4 members (excludes halogenated alkanes) is 4. The minimum absolute atomic E-state index is 0.0314. The summed E-state index contributed by atoms with van der Waals surface area (Å²) in [6.07, 6.45) is 6.43. The van der Waals surface area contributed by atoms with Crippen LogP contribution in [-0.2, 0) is 9.59 Å². The number of carbonyl (C=O) groups is 2. The van der Waals surface area contributed by atoms with Crippen molar-refractivity contribution in [2.75, 3.05) is 0 Å². The van der Waals surface area contributed by atoms with Crippen LogP contribution in [0.1, 0.15) is 51.9 Å². The van der Waals surface area contributed by atoms with Gasteiger partial charge in [0.2, 0.25) is 10.5 Å². The quantitative estimate of drug-likeness (QED) is 0.461. The zero-order valence-corrected chi connectivity index (χ0v) is 10.6. The molecule has 0 saturated carbocycles. The van der Waals surface area contributed by atoms with E-state index < -0.39 is 0 Å². The lowest BCUT2D eigenvalue weighted by atomic mass is 10.0. The first-order valence-corrected chi connectivity index (χ1v) is 6.17. The van der Waals surface area contributed by atoms with E-state index in [1.54, 1.807) is 0 Å². The molecule has 0 bridgehead atoms. The predicted molar refractivity (Wildman–Crippen MR) is 63.2 cm³/mol. The van der Waals surface area contributed by atoms with Gasteiger partial charge in [0.1, 0.15) is 0 Å². The van der Waals surface area contributed by atoms with E-state index in [0.29, 0.717) is 6.42 Å². The third-order valence-electron chi connectivity index (χ3n) is 2.40. The van der Waals surface area contributed by atoms with E-state index in [2.05, 4.69) is 0 Å². The SMILES string of the molecule is CC(CCCCCCCC(=O)Cl)C(=O)Cl. The van der Waals surface area contributed by atoms with Crippen LogP contribution in [0.4, 0.5) is 0 Å². The molecule has 2 nitrogen and oxygen atoms in total. The Balaban J connectivity index is 3.18. The van der Waals surface area contributed by atoms with Gasteiger partial charge in [0, 0.05) is 12.3 Å². The highest BCUT2D eigenvalue weighted by Crippen LogP contribution is 2.14. The van der Waals surface area contributed by atoms with Gasteiger partial charge in [-0.3, -0.25) is 9.59 Å². The van der Waals surface area contributed by atoms with E-state index in [-0.39, 0.29) is 16.4 Å². The first kappa shape index (κ1) is 14.9. The molecule has 0 N–H and O–H groups in total. The molecule has 0 radical (unpaired) electrons. The molecule has 0 rings (SSSR count). The fraction of sp³-hybridized carbons (Fsp3) is 0.818. The van der Waals surface area contributed by atoms with Crippen molar-refractivity contribution in [3.8, 4) is 0 Å². The zero-order chi connectivity index (χ0) is 11.7. The minimum Gasteiger partial charge on any atom is -0.281 e. The Morgan fingerprint density at radius 1 is 1.00 bits per heavy atom. The second-order valence-corrected chi connectivity index (χ2v) is 4.66. The summed E-state index contributed by atoms with van der Waals surface area (Å²) in [5, 5.41) is -0.501. The van der Waals surface area contributed by atoms with Crippen LogP contribution in [0.2, 0.25) is 0 Å². The Kier molecular flexibility index (Phi) is 9.12. The van der Waals surface area contributed by atoms with E-state index >= 15 is 0 Å². The second kappa shape index (κ2) is 9.17. The molecule has 15 heavy (non-hydrogen) atoms. The molecule has 0 aliphatic rings. The lowest BCUT2D eigenvalue weighted by Gasteiger charge is -2.05. The fourth-order valence-electron chi connectivity index (χ4n) is 1.36. The van der Waals surface area contributed by atoms with E-state index in [9.17, 15) is 9.59 Å².